The van der Waals surface area contributed by atoms with Crippen LogP contribution in [0.15, 0.2) is 46.7 Å². The molecule has 1 N–H and O–H groups in total. The fourth-order valence-corrected chi connectivity index (χ4v) is 2.11. The Morgan fingerprint density at radius 2 is 1.88 bits per heavy atom. The van der Waals surface area contributed by atoms with Gasteiger partial charge in [0.05, 0.1) is 31.9 Å². The number of aliphatic hydroxyl groups excluding tert-OH is 1. The van der Waals surface area contributed by atoms with Crippen molar-refractivity contribution >= 4 is 17.7 Å². The molecule has 0 spiro atoms. The zero-order valence-corrected chi connectivity index (χ0v) is 14.4. The molecule has 24 heavy (non-hydrogen) atoms. The van der Waals surface area contributed by atoms with Crippen LogP contribution >= 0.6 is 0 Å². The lowest BCUT2D eigenvalue weighted by Crippen LogP contribution is -2.29. The molecule has 6 nitrogen and oxygen atoms in total. The number of ether oxygens (including phenoxy) is 2. The van der Waals surface area contributed by atoms with E-state index in [-0.39, 0.29) is 30.2 Å². The normalized spacial score (nSPS) is 13.8. The van der Waals surface area contributed by atoms with Crippen LogP contribution in [0.2, 0.25) is 0 Å². The average Bonchev–Trinajstić information content (AvgIpc) is 2.58. The summed E-state index contributed by atoms with van der Waals surface area (Å²) in [7, 11) is 1.20. The topological polar surface area (TPSA) is 85.2 Å². The van der Waals surface area contributed by atoms with Gasteiger partial charge in [-0.15, -0.1) is 0 Å². The summed E-state index contributed by atoms with van der Waals surface area (Å²) in [5.74, 6) is -2.35. The highest BCUT2D eigenvalue weighted by Crippen LogP contribution is 2.17. The summed E-state index contributed by atoms with van der Waals surface area (Å²) in [6, 6.07) is 9.38. The highest BCUT2D eigenvalue weighted by atomic mass is 16.5. The summed E-state index contributed by atoms with van der Waals surface area (Å²) < 4.78 is 9.71. The van der Waals surface area contributed by atoms with Crippen LogP contribution in [0.25, 0.3) is 0 Å². The molecule has 0 heterocycles. The van der Waals surface area contributed by atoms with E-state index in [0.29, 0.717) is 0 Å². The van der Waals surface area contributed by atoms with E-state index in [1.54, 1.807) is 13.8 Å². The summed E-state index contributed by atoms with van der Waals surface area (Å²) in [5, 5.41) is 9.89. The fourth-order valence-electron chi connectivity index (χ4n) is 2.11. The van der Waals surface area contributed by atoms with Crippen LogP contribution in [0, 0.1) is 5.92 Å². The van der Waals surface area contributed by atoms with Gasteiger partial charge < -0.3 is 14.6 Å². The van der Waals surface area contributed by atoms with Crippen LogP contribution in [0.5, 0.6) is 0 Å². The van der Waals surface area contributed by atoms with Gasteiger partial charge in [-0.2, -0.15) is 0 Å². The molecule has 0 radical (unpaired) electrons. The van der Waals surface area contributed by atoms with E-state index in [2.05, 4.69) is 4.99 Å². The number of hydrogen-bond donors (Lipinski definition) is 1. The summed E-state index contributed by atoms with van der Waals surface area (Å²) in [6.07, 6.45) is 0. The summed E-state index contributed by atoms with van der Waals surface area (Å²) in [5.41, 5.74) is 0.934. The maximum atomic E-state index is 12.1. The Kier molecular flexibility index (Phi) is 7.68. The van der Waals surface area contributed by atoms with E-state index in [1.165, 1.54) is 14.0 Å². The lowest BCUT2D eigenvalue weighted by atomic mass is 9.97. The summed E-state index contributed by atoms with van der Waals surface area (Å²) in [4.78, 5) is 28.5. The minimum absolute atomic E-state index is 0.117. The minimum atomic E-state index is -0.815. The van der Waals surface area contributed by atoms with Crippen LogP contribution in [-0.4, -0.2) is 36.5 Å². The van der Waals surface area contributed by atoms with Gasteiger partial charge >= 0.3 is 11.9 Å². The van der Waals surface area contributed by atoms with E-state index in [9.17, 15) is 14.7 Å². The van der Waals surface area contributed by atoms with Crippen LogP contribution in [0.3, 0.4) is 0 Å². The molecule has 0 bridgehead atoms. The van der Waals surface area contributed by atoms with Gasteiger partial charge in [-0.25, -0.2) is 4.79 Å². The molecule has 0 saturated carbocycles. The lowest BCUT2D eigenvalue weighted by molar-refractivity contribution is -0.145. The average molecular weight is 333 g/mol. The van der Waals surface area contributed by atoms with Crippen molar-refractivity contribution in [2.75, 3.05) is 13.7 Å². The predicted molar refractivity (Wildman–Crippen MR) is 90.7 cm³/mol. The quantitative estimate of drug-likeness (QED) is 0.359. The summed E-state index contributed by atoms with van der Waals surface area (Å²) >= 11 is 0. The molecule has 1 rings (SSSR count). The van der Waals surface area contributed by atoms with Gasteiger partial charge in [0.15, 0.2) is 0 Å². The van der Waals surface area contributed by atoms with Crippen LogP contribution in [0.4, 0.5) is 0 Å². The Bertz CT molecular complexity index is 630. The summed E-state index contributed by atoms with van der Waals surface area (Å²) in [6.45, 7) is 5.09. The monoisotopic (exact) mass is 333 g/mol. The minimum Gasteiger partial charge on any atom is -0.512 e. The molecule has 1 aromatic rings. The third-order valence-corrected chi connectivity index (χ3v) is 3.33. The number of carbonyl (C=O) groups excluding carboxylic acids is 2. The molecular weight excluding hydrogens is 310 g/mol. The van der Waals surface area contributed by atoms with Crippen LogP contribution in [-0.2, 0) is 25.6 Å². The molecule has 0 amide bonds. The first kappa shape index (κ1) is 19.4. The highest BCUT2D eigenvalue weighted by Gasteiger charge is 2.29. The smallest absolute Gasteiger partial charge is 0.343 e. The molecule has 0 saturated heterocycles. The number of methoxy groups -OCH3 is 1. The molecule has 0 aliphatic carbocycles. The van der Waals surface area contributed by atoms with E-state index in [4.69, 9.17) is 9.47 Å². The van der Waals surface area contributed by atoms with Crippen LogP contribution in [0.1, 0.15) is 26.3 Å². The number of nitrogens with zero attached hydrogens (tertiary/aromatic N) is 1. The Morgan fingerprint density at radius 3 is 2.38 bits per heavy atom. The Labute approximate surface area is 141 Å². The lowest BCUT2D eigenvalue weighted by Gasteiger charge is -2.16. The third-order valence-electron chi connectivity index (χ3n) is 3.33. The molecule has 1 aromatic carbocycles. The van der Waals surface area contributed by atoms with Gasteiger partial charge in [0.1, 0.15) is 11.3 Å². The first-order chi connectivity index (χ1) is 11.4. The molecular formula is C18H23NO5. The number of benzene rings is 1. The van der Waals surface area contributed by atoms with Crippen molar-refractivity contribution in [1.29, 1.82) is 0 Å². The molecule has 1 unspecified atom stereocenters. The Balaban J connectivity index is 3.27. The van der Waals surface area contributed by atoms with Crippen molar-refractivity contribution in [1.82, 2.24) is 0 Å². The second-order valence-corrected chi connectivity index (χ2v) is 5.11. The zero-order chi connectivity index (χ0) is 18.1. The van der Waals surface area contributed by atoms with Crippen LogP contribution < -0.4 is 0 Å². The van der Waals surface area contributed by atoms with Crippen molar-refractivity contribution in [3.63, 3.8) is 0 Å². The van der Waals surface area contributed by atoms with Gasteiger partial charge in [0.25, 0.3) is 0 Å². The first-order valence-electron chi connectivity index (χ1n) is 7.65. The molecule has 0 aliphatic heterocycles. The zero-order valence-electron chi connectivity index (χ0n) is 14.4. The van der Waals surface area contributed by atoms with Gasteiger partial charge in [-0.05, 0) is 26.3 Å². The van der Waals surface area contributed by atoms with Crippen molar-refractivity contribution in [2.45, 2.75) is 27.3 Å². The third kappa shape index (κ3) is 5.22. The maximum absolute atomic E-state index is 12.1. The predicted octanol–water partition coefficient (Wildman–Crippen LogP) is 2.83. The number of aliphatic hydroxyl groups is 1. The van der Waals surface area contributed by atoms with Gasteiger partial charge in [-0.1, -0.05) is 30.3 Å². The molecule has 0 fully saturated rings. The van der Waals surface area contributed by atoms with E-state index < -0.39 is 17.9 Å². The van der Waals surface area contributed by atoms with Crippen molar-refractivity contribution in [3.8, 4) is 0 Å². The van der Waals surface area contributed by atoms with E-state index in [1.807, 2.05) is 30.3 Å². The highest BCUT2D eigenvalue weighted by molar-refractivity contribution is 6.25. The van der Waals surface area contributed by atoms with Crippen molar-refractivity contribution in [2.24, 2.45) is 10.9 Å². The van der Waals surface area contributed by atoms with Gasteiger partial charge in [0, 0.05) is 0 Å². The molecule has 130 valence electrons. The number of aliphatic imine (C=N–C) groups is 1. The van der Waals surface area contributed by atoms with E-state index in [0.717, 1.165) is 5.56 Å². The Hall–Kier alpha value is -2.63. The second kappa shape index (κ2) is 9.50. The number of esters is 2. The van der Waals surface area contributed by atoms with E-state index >= 15 is 0 Å². The van der Waals surface area contributed by atoms with Crippen molar-refractivity contribution in [3.05, 3.63) is 47.2 Å². The molecule has 0 aromatic heterocycles. The van der Waals surface area contributed by atoms with Gasteiger partial charge in [0.2, 0.25) is 0 Å². The Morgan fingerprint density at radius 1 is 1.25 bits per heavy atom. The number of carbonyl (C=O) groups is 2. The second-order valence-electron chi connectivity index (χ2n) is 5.11. The number of allylic oxidation sites excluding steroid dienone is 1. The largest absolute Gasteiger partial charge is 0.512 e. The first-order valence-corrected chi connectivity index (χ1v) is 7.65. The number of hydrogen-bond acceptors (Lipinski definition) is 6. The molecule has 0 aliphatic rings. The number of rotatable bonds is 7. The molecule has 6 heteroatoms. The van der Waals surface area contributed by atoms with Gasteiger partial charge in [-0.3, -0.25) is 9.79 Å². The molecule has 1 atom stereocenters. The fraction of sp³-hybridized carbons (Fsp3) is 0.389. The van der Waals surface area contributed by atoms with Crippen molar-refractivity contribution < 1.29 is 24.2 Å². The standard InChI is InChI=1S/C18H23NO5/c1-5-24-17(21)12(2)16(15(13(3)20)18(22)23-4)19-11-14-9-7-6-8-10-14/h6-10,12,20H,5,11H2,1-4H3. The maximum Gasteiger partial charge on any atom is 0.343 e. The SMILES string of the molecule is CCOC(=O)C(C)C(=NCc1ccccc1)C(C(=O)OC)=C(C)O.